The lowest BCUT2D eigenvalue weighted by Gasteiger charge is -2.72. The van der Waals surface area contributed by atoms with E-state index in [1.165, 1.54) is 12.5 Å². The van der Waals surface area contributed by atoms with E-state index in [1.54, 1.807) is 0 Å². The van der Waals surface area contributed by atoms with Gasteiger partial charge in [-0.1, -0.05) is 60.1 Å². The quantitative estimate of drug-likeness (QED) is 0.0783. The molecular weight excluding hydrogens is 1020 g/mol. The van der Waals surface area contributed by atoms with Crippen molar-refractivity contribution in [2.45, 2.75) is 248 Å². The van der Waals surface area contributed by atoms with E-state index in [9.17, 15) is 76.3 Å². The van der Waals surface area contributed by atoms with E-state index < -0.39 is 165 Å². The Labute approximate surface area is 449 Å². The largest absolute Gasteiger partial charge is 0.479 e. The van der Waals surface area contributed by atoms with Crippen molar-refractivity contribution in [1.82, 2.24) is 0 Å². The normalized spacial score (nSPS) is 54.5. The Morgan fingerprint density at radius 1 is 0.584 bits per heavy atom. The van der Waals surface area contributed by atoms with Gasteiger partial charge in [-0.2, -0.15) is 0 Å². The highest BCUT2D eigenvalue weighted by Gasteiger charge is 2.70. The van der Waals surface area contributed by atoms with Crippen LogP contribution in [0.5, 0.6) is 0 Å². The molecule has 0 aromatic rings. The Morgan fingerprint density at radius 3 is 1.78 bits per heavy atom. The first-order chi connectivity index (χ1) is 36.0. The van der Waals surface area contributed by atoms with Crippen molar-refractivity contribution in [3.63, 3.8) is 0 Å². The molecule has 77 heavy (non-hydrogen) atoms. The van der Waals surface area contributed by atoms with Crippen LogP contribution in [0.1, 0.15) is 113 Å². The molecule has 23 heteroatoms. The van der Waals surface area contributed by atoms with Crippen LogP contribution in [-0.2, 0) is 42.7 Å². The number of hydrogen-bond donors (Lipinski definition) is 14. The first kappa shape index (κ1) is 60.0. The summed E-state index contributed by atoms with van der Waals surface area (Å²) in [6.07, 6.45) is -29.7. The predicted molar refractivity (Wildman–Crippen MR) is 263 cm³/mol. The minimum Gasteiger partial charge on any atom is -0.479 e. The van der Waals surface area contributed by atoms with E-state index in [0.717, 1.165) is 38.5 Å². The number of aliphatic hydroxyl groups is 13. The number of carboxylic acid groups (broad SMARTS) is 1. The van der Waals surface area contributed by atoms with Crippen LogP contribution in [0.2, 0.25) is 0 Å². The molecule has 0 amide bonds. The van der Waals surface area contributed by atoms with Crippen molar-refractivity contribution in [3.8, 4) is 0 Å². The zero-order valence-electron chi connectivity index (χ0n) is 45.4. The third-order valence-electron chi connectivity index (χ3n) is 21.5. The molecule has 29 atom stereocenters. The van der Waals surface area contributed by atoms with E-state index in [-0.39, 0.29) is 46.0 Å². The molecule has 4 saturated heterocycles. The molecule has 4 heterocycles. The maximum absolute atomic E-state index is 13.1. The topological polar surface area (TPSA) is 374 Å². The molecular formula is C54H88O23. The smallest absolute Gasteiger partial charge is 0.335 e. The summed E-state index contributed by atoms with van der Waals surface area (Å²) in [5.41, 5.74) is -0.808. The maximum Gasteiger partial charge on any atom is 0.335 e. The van der Waals surface area contributed by atoms with Crippen LogP contribution >= 0.6 is 0 Å². The number of hydrogen-bond acceptors (Lipinski definition) is 22. The summed E-state index contributed by atoms with van der Waals surface area (Å²) in [7, 11) is 0. The van der Waals surface area contributed by atoms with Gasteiger partial charge in [0.25, 0.3) is 0 Å². The average molecular weight is 1110 g/mol. The van der Waals surface area contributed by atoms with E-state index in [1.807, 2.05) is 0 Å². The SMILES string of the molecule is C[C@@H]1O[C@@H](O[C@H]2[C@H](O[C@H]3[C@H](O)[C@@H](C(=O)O)O[C@@H](O[C@H]4CC[C@@]5(C)[C@H](CC[C@]6(C)[C@@H]5CC=C5[C@H]7CC(C)(C)CC[C@]7(CO)[C@H](O)C[C@]56C)C4(C)C)[C@@H]3O[C@@H]3O[C@H](CO)[C@@H](O)[C@H](O)[C@H]3O)O[C@H](CO)[C@H](O)[C@@H]2O)[C@H](O)[C@H](O)[C@H]1O. The van der Waals surface area contributed by atoms with Gasteiger partial charge in [-0.15, -0.1) is 0 Å². The Morgan fingerprint density at radius 2 is 1.16 bits per heavy atom. The first-order valence-corrected chi connectivity index (χ1v) is 27.8. The highest BCUT2D eigenvalue weighted by atomic mass is 16.8. The summed E-state index contributed by atoms with van der Waals surface area (Å²) in [5, 5.41) is 154. The predicted octanol–water partition coefficient (Wildman–Crippen LogP) is -1.47. The van der Waals surface area contributed by atoms with Crippen molar-refractivity contribution >= 4 is 5.97 Å². The lowest BCUT2D eigenvalue weighted by Crippen LogP contribution is -2.69. The number of carboxylic acids is 1. The van der Waals surface area contributed by atoms with Crippen molar-refractivity contribution < 1.29 is 114 Å². The Bertz CT molecular complexity index is 2130. The summed E-state index contributed by atoms with van der Waals surface area (Å²) in [6.45, 7) is 15.3. The van der Waals surface area contributed by atoms with Gasteiger partial charge in [-0.3, -0.25) is 0 Å². The minimum atomic E-state index is -2.23. The summed E-state index contributed by atoms with van der Waals surface area (Å²) < 4.78 is 49.0. The molecule has 0 spiro atoms. The molecule has 9 rings (SSSR count). The molecule has 5 aliphatic carbocycles. The van der Waals surface area contributed by atoms with E-state index in [4.69, 9.17) is 37.9 Å². The fourth-order valence-electron chi connectivity index (χ4n) is 16.6. The molecule has 0 unspecified atom stereocenters. The number of aliphatic carboxylic acids is 1. The van der Waals surface area contributed by atoms with Crippen molar-refractivity contribution in [2.75, 3.05) is 19.8 Å². The number of carbonyl (C=O) groups is 1. The van der Waals surface area contributed by atoms with Gasteiger partial charge in [0.05, 0.1) is 38.1 Å². The summed E-state index contributed by atoms with van der Waals surface area (Å²) >= 11 is 0. The molecule has 8 fully saturated rings. The van der Waals surface area contributed by atoms with Crippen LogP contribution in [0, 0.1) is 50.2 Å². The fourth-order valence-corrected chi connectivity index (χ4v) is 16.6. The second-order valence-corrected chi connectivity index (χ2v) is 26.5. The molecule has 23 nitrogen and oxygen atoms in total. The van der Waals surface area contributed by atoms with Gasteiger partial charge < -0.3 is 109 Å². The van der Waals surface area contributed by atoms with Gasteiger partial charge >= 0.3 is 5.97 Å². The van der Waals surface area contributed by atoms with E-state index in [0.29, 0.717) is 19.3 Å². The molecule has 0 aromatic carbocycles. The van der Waals surface area contributed by atoms with Gasteiger partial charge in [-0.05, 0) is 110 Å². The lowest BCUT2D eigenvalue weighted by atomic mass is 9.33. The van der Waals surface area contributed by atoms with Crippen LogP contribution in [0.3, 0.4) is 0 Å². The zero-order valence-corrected chi connectivity index (χ0v) is 45.4. The van der Waals surface area contributed by atoms with Crippen LogP contribution in [0.15, 0.2) is 11.6 Å². The summed E-state index contributed by atoms with van der Waals surface area (Å²) in [5.74, 6) is -1.51. The van der Waals surface area contributed by atoms with Crippen molar-refractivity contribution in [3.05, 3.63) is 11.6 Å². The van der Waals surface area contributed by atoms with Gasteiger partial charge in [0.1, 0.15) is 85.5 Å². The maximum atomic E-state index is 13.1. The van der Waals surface area contributed by atoms with Crippen LogP contribution in [0.4, 0.5) is 0 Å². The number of fused-ring (bicyclic) bond motifs is 7. The van der Waals surface area contributed by atoms with Crippen molar-refractivity contribution in [1.29, 1.82) is 0 Å². The standard InChI is InChI=1S/C54H88O23/c1-22-31(59)34(62)37(65)45(70-22)76-42-36(64)33(61)26(20-56)72-47(42)74-40-39(67)41(44(68)69)75-48(43(40)77-46-38(66)35(63)32(60)25(19-55)71-46)73-30-12-13-51(6)27(50(30,4)5)11-14-52(7)28(51)10-9-23-24-17-49(2,3)15-16-54(24,21-57)29(58)18-53(23,52)8/h9,22,24-43,45-48,55-67H,10-21H2,1-8H3,(H,68,69)/t22-,24+,25+,26+,27+,28+,29+,30-,31-,32+,33-,34+,35-,36-,37+,38+,39-,40-,41-,42+,43+,45-,46-,47-,48+,51-,52+,53+,54+/m0/s1. The highest BCUT2D eigenvalue weighted by Crippen LogP contribution is 2.76. The Hall–Kier alpha value is -1.63. The molecule has 14 N–H and O–H groups in total. The summed E-state index contributed by atoms with van der Waals surface area (Å²) in [6, 6.07) is 0. The number of rotatable bonds is 12. The monoisotopic (exact) mass is 1100 g/mol. The molecule has 442 valence electrons. The zero-order chi connectivity index (χ0) is 56.4. The molecule has 0 aromatic heterocycles. The van der Waals surface area contributed by atoms with Gasteiger partial charge in [0.2, 0.25) is 0 Å². The van der Waals surface area contributed by atoms with Crippen LogP contribution < -0.4 is 0 Å². The molecule has 4 saturated carbocycles. The van der Waals surface area contributed by atoms with E-state index in [2.05, 4.69) is 54.5 Å². The van der Waals surface area contributed by atoms with Crippen LogP contribution in [0.25, 0.3) is 0 Å². The molecule has 0 bridgehead atoms. The second-order valence-electron chi connectivity index (χ2n) is 26.5. The third kappa shape index (κ3) is 9.70. The number of aliphatic hydroxyl groups excluding tert-OH is 13. The second kappa shape index (κ2) is 21.5. The summed E-state index contributed by atoms with van der Waals surface area (Å²) in [4.78, 5) is 13.1. The molecule has 4 aliphatic heterocycles. The lowest BCUT2D eigenvalue weighted by molar-refractivity contribution is -0.406. The Balaban J connectivity index is 1.05. The minimum absolute atomic E-state index is 0.0121. The van der Waals surface area contributed by atoms with Gasteiger partial charge in [0.15, 0.2) is 31.3 Å². The molecule has 0 radical (unpaired) electrons. The van der Waals surface area contributed by atoms with Gasteiger partial charge in [0, 0.05) is 5.41 Å². The van der Waals surface area contributed by atoms with E-state index >= 15 is 0 Å². The molecule has 9 aliphatic rings. The van der Waals surface area contributed by atoms with Gasteiger partial charge in [-0.25, -0.2) is 4.79 Å². The van der Waals surface area contributed by atoms with Crippen molar-refractivity contribution in [2.24, 2.45) is 50.2 Å². The first-order valence-electron chi connectivity index (χ1n) is 27.8. The number of ether oxygens (including phenoxy) is 8. The average Bonchev–Trinajstić information content (AvgIpc) is 3.54. The Kier molecular flexibility index (Phi) is 16.8. The van der Waals surface area contributed by atoms with Crippen LogP contribution in [-0.4, -0.2) is 232 Å². The highest BCUT2D eigenvalue weighted by molar-refractivity contribution is 5.73. The fraction of sp³-hybridized carbons (Fsp3) is 0.944. The third-order valence-corrected chi connectivity index (χ3v) is 21.5. The number of allylic oxidation sites excluding steroid dienone is 2.